The average molecular weight is 261 g/mol. The number of carbonyl (C=O) groups excluding carboxylic acids is 1. The fraction of sp³-hybridized carbons (Fsp3) is 0.417. The predicted molar refractivity (Wildman–Crippen MR) is 61.3 cm³/mol. The number of amides is 1. The van der Waals surface area contributed by atoms with E-state index in [2.05, 4.69) is 10.1 Å². The number of carbonyl (C=O) groups is 1. The van der Waals surface area contributed by atoms with Gasteiger partial charge < -0.3 is 10.1 Å². The molecule has 0 aliphatic heterocycles. The minimum atomic E-state index is -4.35. The molecule has 0 fully saturated rings. The van der Waals surface area contributed by atoms with E-state index in [-0.39, 0.29) is 18.9 Å². The molecule has 0 saturated carbocycles. The predicted octanol–water partition coefficient (Wildman–Crippen LogP) is 2.90. The largest absolute Gasteiger partial charge is 0.411 e. The van der Waals surface area contributed by atoms with E-state index >= 15 is 0 Å². The van der Waals surface area contributed by atoms with Crippen LogP contribution in [0.4, 0.5) is 18.9 Å². The number of halogens is 3. The lowest BCUT2D eigenvalue weighted by molar-refractivity contribution is -0.174. The van der Waals surface area contributed by atoms with Crippen molar-refractivity contribution in [3.05, 3.63) is 29.8 Å². The summed E-state index contributed by atoms with van der Waals surface area (Å²) < 4.78 is 39.6. The van der Waals surface area contributed by atoms with Crippen molar-refractivity contribution in [2.24, 2.45) is 0 Å². The standard InChI is InChI=1S/C12H14F3NO2/c1-9-3-2-4-10(7-9)16-11(17)5-6-18-8-12(13,14)15/h2-4,7H,5-6,8H2,1H3,(H,16,17). The molecule has 0 aromatic heterocycles. The van der Waals surface area contributed by atoms with Gasteiger partial charge in [0, 0.05) is 5.69 Å². The molecule has 1 amide bonds. The van der Waals surface area contributed by atoms with Crippen LogP contribution in [0, 0.1) is 6.92 Å². The quantitative estimate of drug-likeness (QED) is 0.828. The summed E-state index contributed by atoms with van der Waals surface area (Å²) in [6, 6.07) is 7.14. The van der Waals surface area contributed by atoms with Crippen LogP contribution in [0.2, 0.25) is 0 Å². The Kier molecular flexibility index (Phi) is 5.15. The first-order chi connectivity index (χ1) is 8.37. The first-order valence-corrected chi connectivity index (χ1v) is 5.38. The Morgan fingerprint density at radius 2 is 2.11 bits per heavy atom. The van der Waals surface area contributed by atoms with Crippen molar-refractivity contribution in [3.63, 3.8) is 0 Å². The van der Waals surface area contributed by atoms with Gasteiger partial charge in [0.25, 0.3) is 0 Å². The van der Waals surface area contributed by atoms with Crippen molar-refractivity contribution < 1.29 is 22.7 Å². The SMILES string of the molecule is Cc1cccc(NC(=O)CCOCC(F)(F)F)c1. The number of ether oxygens (including phenoxy) is 1. The summed E-state index contributed by atoms with van der Waals surface area (Å²) in [5.74, 6) is -0.372. The zero-order chi connectivity index (χ0) is 13.6. The number of aryl methyl sites for hydroxylation is 1. The van der Waals surface area contributed by atoms with Gasteiger partial charge in [-0.15, -0.1) is 0 Å². The van der Waals surface area contributed by atoms with Crippen LogP contribution in [0.5, 0.6) is 0 Å². The van der Waals surface area contributed by atoms with Crippen molar-refractivity contribution >= 4 is 11.6 Å². The second-order valence-corrected chi connectivity index (χ2v) is 3.84. The Labute approximate surface area is 103 Å². The molecule has 0 atom stereocenters. The van der Waals surface area contributed by atoms with Gasteiger partial charge in [-0.3, -0.25) is 4.79 Å². The highest BCUT2D eigenvalue weighted by Crippen LogP contribution is 2.14. The Morgan fingerprint density at radius 3 is 2.72 bits per heavy atom. The Hall–Kier alpha value is -1.56. The number of nitrogens with one attached hydrogen (secondary N) is 1. The smallest absolute Gasteiger partial charge is 0.372 e. The number of alkyl halides is 3. The molecule has 0 aliphatic carbocycles. The summed E-state index contributed by atoms with van der Waals surface area (Å²) in [5, 5.41) is 2.58. The van der Waals surface area contributed by atoms with Crippen molar-refractivity contribution in [1.82, 2.24) is 0 Å². The highest BCUT2D eigenvalue weighted by Gasteiger charge is 2.27. The minimum Gasteiger partial charge on any atom is -0.372 e. The normalized spacial score (nSPS) is 11.3. The van der Waals surface area contributed by atoms with Crippen molar-refractivity contribution in [1.29, 1.82) is 0 Å². The summed E-state index contributed by atoms with van der Waals surface area (Å²) in [6.45, 7) is 0.296. The molecule has 100 valence electrons. The number of hydrogen-bond acceptors (Lipinski definition) is 2. The first kappa shape index (κ1) is 14.5. The molecule has 0 spiro atoms. The molecule has 1 N–H and O–H groups in total. The van der Waals surface area contributed by atoms with E-state index in [9.17, 15) is 18.0 Å². The van der Waals surface area contributed by atoms with E-state index in [0.717, 1.165) is 5.56 Å². The maximum Gasteiger partial charge on any atom is 0.411 e. The zero-order valence-electron chi connectivity index (χ0n) is 9.88. The highest BCUT2D eigenvalue weighted by atomic mass is 19.4. The van der Waals surface area contributed by atoms with Gasteiger partial charge in [0.05, 0.1) is 13.0 Å². The summed E-state index contributed by atoms with van der Waals surface area (Å²) in [4.78, 5) is 11.4. The van der Waals surface area contributed by atoms with E-state index in [0.29, 0.717) is 5.69 Å². The second kappa shape index (κ2) is 6.39. The van der Waals surface area contributed by atoms with Gasteiger partial charge in [0.2, 0.25) is 5.91 Å². The van der Waals surface area contributed by atoms with Crippen molar-refractivity contribution in [3.8, 4) is 0 Å². The molecule has 0 heterocycles. The molecule has 6 heteroatoms. The molecular weight excluding hydrogens is 247 g/mol. The molecular formula is C12H14F3NO2. The van der Waals surface area contributed by atoms with E-state index in [1.807, 2.05) is 13.0 Å². The summed E-state index contributed by atoms with van der Waals surface area (Å²) >= 11 is 0. The molecule has 0 radical (unpaired) electrons. The van der Waals surface area contributed by atoms with Crippen LogP contribution in [-0.4, -0.2) is 25.3 Å². The Balaban J connectivity index is 2.26. The molecule has 1 aromatic carbocycles. The van der Waals surface area contributed by atoms with Crippen LogP contribution in [0.25, 0.3) is 0 Å². The van der Waals surface area contributed by atoms with E-state index in [4.69, 9.17) is 0 Å². The molecule has 0 aliphatic rings. The van der Waals surface area contributed by atoms with Crippen LogP contribution in [0.15, 0.2) is 24.3 Å². The van der Waals surface area contributed by atoms with Gasteiger partial charge in [-0.05, 0) is 24.6 Å². The Bertz CT molecular complexity index is 405. The van der Waals surface area contributed by atoms with E-state index in [1.165, 1.54) is 0 Å². The van der Waals surface area contributed by atoms with Gasteiger partial charge in [-0.2, -0.15) is 13.2 Å². The fourth-order valence-electron chi connectivity index (χ4n) is 1.30. The third-order valence-electron chi connectivity index (χ3n) is 2.04. The number of hydrogen-bond donors (Lipinski definition) is 1. The fourth-order valence-corrected chi connectivity index (χ4v) is 1.30. The molecule has 1 rings (SSSR count). The molecule has 18 heavy (non-hydrogen) atoms. The third-order valence-corrected chi connectivity index (χ3v) is 2.04. The monoisotopic (exact) mass is 261 g/mol. The molecule has 0 unspecified atom stereocenters. The highest BCUT2D eigenvalue weighted by molar-refractivity contribution is 5.90. The van der Waals surface area contributed by atoms with Crippen molar-refractivity contribution in [2.45, 2.75) is 19.5 Å². The van der Waals surface area contributed by atoms with Crippen LogP contribution in [-0.2, 0) is 9.53 Å². The lowest BCUT2D eigenvalue weighted by Gasteiger charge is -2.08. The summed E-state index contributed by atoms with van der Waals surface area (Å²) in [7, 11) is 0. The number of rotatable bonds is 5. The number of anilines is 1. The molecule has 0 saturated heterocycles. The molecule has 1 aromatic rings. The summed E-state index contributed by atoms with van der Waals surface area (Å²) in [6.07, 6.45) is -4.46. The van der Waals surface area contributed by atoms with Crippen LogP contribution >= 0.6 is 0 Å². The molecule has 0 bridgehead atoms. The second-order valence-electron chi connectivity index (χ2n) is 3.84. The zero-order valence-corrected chi connectivity index (χ0v) is 9.88. The number of benzene rings is 1. The van der Waals surface area contributed by atoms with Gasteiger partial charge >= 0.3 is 6.18 Å². The Morgan fingerprint density at radius 1 is 1.39 bits per heavy atom. The topological polar surface area (TPSA) is 38.3 Å². The maximum absolute atomic E-state index is 11.7. The van der Waals surface area contributed by atoms with Gasteiger partial charge in [0.15, 0.2) is 0 Å². The lowest BCUT2D eigenvalue weighted by atomic mass is 10.2. The van der Waals surface area contributed by atoms with Crippen LogP contribution < -0.4 is 5.32 Å². The lowest BCUT2D eigenvalue weighted by Crippen LogP contribution is -2.20. The van der Waals surface area contributed by atoms with E-state index in [1.54, 1.807) is 18.2 Å². The van der Waals surface area contributed by atoms with Crippen LogP contribution in [0.1, 0.15) is 12.0 Å². The first-order valence-electron chi connectivity index (χ1n) is 5.38. The molecule has 3 nitrogen and oxygen atoms in total. The van der Waals surface area contributed by atoms with Crippen LogP contribution in [0.3, 0.4) is 0 Å². The van der Waals surface area contributed by atoms with Gasteiger partial charge in [-0.1, -0.05) is 12.1 Å². The minimum absolute atomic E-state index is 0.107. The van der Waals surface area contributed by atoms with Crippen molar-refractivity contribution in [2.75, 3.05) is 18.5 Å². The third kappa shape index (κ3) is 6.24. The van der Waals surface area contributed by atoms with Gasteiger partial charge in [0.1, 0.15) is 6.61 Å². The average Bonchev–Trinajstić information content (AvgIpc) is 2.23. The maximum atomic E-state index is 11.7. The van der Waals surface area contributed by atoms with Gasteiger partial charge in [-0.25, -0.2) is 0 Å². The van der Waals surface area contributed by atoms with E-state index < -0.39 is 12.8 Å². The summed E-state index contributed by atoms with van der Waals surface area (Å²) in [5.41, 5.74) is 1.61.